The molecule has 0 saturated carbocycles. The van der Waals surface area contributed by atoms with Crippen LogP contribution in [0.4, 0.5) is 0 Å². The van der Waals surface area contributed by atoms with Gasteiger partial charge in [-0.2, -0.15) is 4.99 Å². The number of amides is 2. The van der Waals surface area contributed by atoms with E-state index in [0.717, 1.165) is 21.8 Å². The molecular weight excluding hydrogens is 444 g/mol. The van der Waals surface area contributed by atoms with Crippen LogP contribution >= 0.6 is 27.7 Å². The molecule has 1 aliphatic rings. The maximum absolute atomic E-state index is 12.3. The van der Waals surface area contributed by atoms with Gasteiger partial charge in [-0.05, 0) is 70.5 Å². The Kier molecular flexibility index (Phi) is 6.53. The highest BCUT2D eigenvalue weighted by Gasteiger charge is 2.25. The van der Waals surface area contributed by atoms with Crippen LogP contribution in [-0.2, 0) is 4.79 Å². The number of benzene rings is 2. The number of aliphatic imine (C=N–C) groups is 1. The third-order valence-corrected chi connectivity index (χ3v) is 5.21. The van der Waals surface area contributed by atoms with Gasteiger partial charge in [0.05, 0.1) is 23.1 Å². The zero-order chi connectivity index (χ0) is 20.1. The minimum atomic E-state index is -0.407. The van der Waals surface area contributed by atoms with E-state index in [1.165, 1.54) is 0 Å². The Morgan fingerprint density at radius 2 is 2.04 bits per heavy atom. The highest BCUT2D eigenvalue weighted by atomic mass is 79.9. The standard InChI is InChI=1S/C20H17BrN2O4S/c1-3-27-17-14(21)9-12(10-15(17)26-2)11-16-19(25)23-20(28-16)22-18(24)13-7-5-4-6-8-13/h4-11H,3H2,1-2H3,(H,22,23,24,25)/b16-11-. The number of thioether (sulfide) groups is 1. The molecule has 0 unspecified atom stereocenters. The lowest BCUT2D eigenvalue weighted by molar-refractivity contribution is -0.115. The number of carbonyl (C=O) groups excluding carboxylic acids is 2. The van der Waals surface area contributed by atoms with Crippen LogP contribution in [0.1, 0.15) is 22.8 Å². The first kappa shape index (κ1) is 20.2. The van der Waals surface area contributed by atoms with Crippen molar-refractivity contribution in [1.82, 2.24) is 5.32 Å². The number of nitrogens with zero attached hydrogens (tertiary/aromatic N) is 1. The molecule has 1 saturated heterocycles. The van der Waals surface area contributed by atoms with Crippen molar-refractivity contribution in [3.05, 3.63) is 63.0 Å². The first-order chi connectivity index (χ1) is 13.5. The van der Waals surface area contributed by atoms with Crippen molar-refractivity contribution >= 4 is 50.7 Å². The zero-order valence-electron chi connectivity index (χ0n) is 15.2. The largest absolute Gasteiger partial charge is 0.493 e. The number of amidine groups is 1. The molecule has 0 spiro atoms. The predicted molar refractivity (Wildman–Crippen MR) is 114 cm³/mol. The van der Waals surface area contributed by atoms with Crippen LogP contribution in [0.2, 0.25) is 0 Å². The fraction of sp³-hybridized carbons (Fsp3) is 0.150. The quantitative estimate of drug-likeness (QED) is 0.674. The van der Waals surface area contributed by atoms with Crippen LogP contribution in [0.15, 0.2) is 56.8 Å². The van der Waals surface area contributed by atoms with Gasteiger partial charge in [0.15, 0.2) is 16.7 Å². The minimum Gasteiger partial charge on any atom is -0.493 e. The van der Waals surface area contributed by atoms with Crippen molar-refractivity contribution in [3.8, 4) is 11.5 Å². The number of nitrogens with one attached hydrogen (secondary N) is 1. The van der Waals surface area contributed by atoms with E-state index in [0.29, 0.717) is 28.6 Å². The third kappa shape index (κ3) is 4.63. The van der Waals surface area contributed by atoms with Crippen LogP contribution in [0, 0.1) is 0 Å². The summed E-state index contributed by atoms with van der Waals surface area (Å²) in [5, 5.41) is 2.87. The van der Waals surface area contributed by atoms with E-state index in [1.54, 1.807) is 43.5 Å². The van der Waals surface area contributed by atoms with E-state index in [9.17, 15) is 9.59 Å². The molecule has 0 radical (unpaired) electrons. The van der Waals surface area contributed by atoms with E-state index >= 15 is 0 Å². The third-order valence-electron chi connectivity index (χ3n) is 3.71. The fourth-order valence-corrected chi connectivity index (χ4v) is 3.87. The molecule has 28 heavy (non-hydrogen) atoms. The zero-order valence-corrected chi connectivity index (χ0v) is 17.6. The van der Waals surface area contributed by atoms with E-state index in [4.69, 9.17) is 9.47 Å². The molecule has 2 amide bonds. The molecule has 1 heterocycles. The Bertz CT molecular complexity index is 974. The Morgan fingerprint density at radius 1 is 1.29 bits per heavy atom. The summed E-state index contributed by atoms with van der Waals surface area (Å²) in [5.74, 6) is 0.440. The first-order valence-electron chi connectivity index (χ1n) is 8.41. The Morgan fingerprint density at radius 3 is 2.71 bits per heavy atom. The lowest BCUT2D eigenvalue weighted by atomic mass is 10.2. The molecule has 6 nitrogen and oxygen atoms in total. The molecule has 144 valence electrons. The Hall–Kier alpha value is -2.58. The maximum Gasteiger partial charge on any atom is 0.279 e. The number of hydrogen-bond donors (Lipinski definition) is 1. The summed E-state index contributed by atoms with van der Waals surface area (Å²) in [4.78, 5) is 28.9. The van der Waals surface area contributed by atoms with Gasteiger partial charge < -0.3 is 14.8 Å². The number of hydrogen-bond acceptors (Lipinski definition) is 5. The van der Waals surface area contributed by atoms with Crippen LogP contribution in [-0.4, -0.2) is 30.7 Å². The van der Waals surface area contributed by atoms with Crippen LogP contribution < -0.4 is 14.8 Å². The second-order valence-corrected chi connectivity index (χ2v) is 7.51. The highest BCUT2D eigenvalue weighted by Crippen LogP contribution is 2.38. The lowest BCUT2D eigenvalue weighted by Gasteiger charge is -2.12. The smallest absolute Gasteiger partial charge is 0.279 e. The Labute approximate surface area is 175 Å². The average molecular weight is 461 g/mol. The van der Waals surface area contributed by atoms with E-state index in [1.807, 2.05) is 19.1 Å². The number of methoxy groups -OCH3 is 1. The molecule has 2 aromatic carbocycles. The second kappa shape index (κ2) is 9.07. The summed E-state index contributed by atoms with van der Waals surface area (Å²) in [6.07, 6.45) is 1.71. The molecule has 2 aromatic rings. The molecule has 1 fully saturated rings. The van der Waals surface area contributed by atoms with Gasteiger partial charge in [0.25, 0.3) is 11.8 Å². The molecular formula is C20H17BrN2O4S. The monoisotopic (exact) mass is 460 g/mol. The summed E-state index contributed by atoms with van der Waals surface area (Å²) in [6.45, 7) is 2.39. The molecule has 8 heteroatoms. The van der Waals surface area contributed by atoms with Gasteiger partial charge in [0.2, 0.25) is 0 Å². The highest BCUT2D eigenvalue weighted by molar-refractivity contribution is 9.10. The predicted octanol–water partition coefficient (Wildman–Crippen LogP) is 4.26. The van der Waals surface area contributed by atoms with Gasteiger partial charge in [-0.25, -0.2) is 0 Å². The van der Waals surface area contributed by atoms with Gasteiger partial charge in [-0.1, -0.05) is 18.2 Å². The molecule has 3 rings (SSSR count). The summed E-state index contributed by atoms with van der Waals surface area (Å²) >= 11 is 4.58. The van der Waals surface area contributed by atoms with Gasteiger partial charge >= 0.3 is 0 Å². The van der Waals surface area contributed by atoms with Crippen molar-refractivity contribution in [2.75, 3.05) is 13.7 Å². The fourth-order valence-electron chi connectivity index (χ4n) is 2.48. The second-order valence-electron chi connectivity index (χ2n) is 5.62. The minimum absolute atomic E-state index is 0.252. The van der Waals surface area contributed by atoms with Crippen molar-refractivity contribution in [2.24, 2.45) is 4.99 Å². The average Bonchev–Trinajstić information content (AvgIpc) is 3.03. The summed E-state index contributed by atoms with van der Waals surface area (Å²) in [7, 11) is 1.55. The topological polar surface area (TPSA) is 77.0 Å². The van der Waals surface area contributed by atoms with Crippen LogP contribution in [0.5, 0.6) is 11.5 Å². The molecule has 0 atom stereocenters. The van der Waals surface area contributed by atoms with Crippen molar-refractivity contribution in [3.63, 3.8) is 0 Å². The molecule has 0 aromatic heterocycles. The Balaban J connectivity index is 1.84. The first-order valence-corrected chi connectivity index (χ1v) is 10.0. The molecule has 1 aliphatic heterocycles. The number of ether oxygens (including phenoxy) is 2. The number of rotatable bonds is 5. The number of halogens is 1. The van der Waals surface area contributed by atoms with Crippen molar-refractivity contribution in [2.45, 2.75) is 6.92 Å². The van der Waals surface area contributed by atoms with Gasteiger partial charge in [-0.15, -0.1) is 0 Å². The lowest BCUT2D eigenvalue weighted by Crippen LogP contribution is -2.20. The SMILES string of the molecule is CCOc1c(Br)cc(/C=C2\SC(=NC(=O)c3ccccc3)NC2=O)cc1OC. The summed E-state index contributed by atoms with van der Waals surface area (Å²) in [6, 6.07) is 12.3. The van der Waals surface area contributed by atoms with Crippen molar-refractivity contribution in [1.29, 1.82) is 0 Å². The molecule has 1 N–H and O–H groups in total. The summed E-state index contributed by atoms with van der Waals surface area (Å²) in [5.41, 5.74) is 1.21. The maximum atomic E-state index is 12.3. The van der Waals surface area contributed by atoms with Crippen LogP contribution in [0.3, 0.4) is 0 Å². The van der Waals surface area contributed by atoms with Crippen molar-refractivity contribution < 1.29 is 19.1 Å². The number of carbonyl (C=O) groups is 2. The normalized spacial score (nSPS) is 16.3. The van der Waals surface area contributed by atoms with E-state index in [-0.39, 0.29) is 11.1 Å². The van der Waals surface area contributed by atoms with Gasteiger partial charge in [0.1, 0.15) is 0 Å². The van der Waals surface area contributed by atoms with Gasteiger partial charge in [-0.3, -0.25) is 9.59 Å². The molecule has 0 aliphatic carbocycles. The van der Waals surface area contributed by atoms with E-state index in [2.05, 4.69) is 26.2 Å². The summed E-state index contributed by atoms with van der Waals surface area (Å²) < 4.78 is 11.7. The van der Waals surface area contributed by atoms with Crippen LogP contribution in [0.25, 0.3) is 6.08 Å². The van der Waals surface area contributed by atoms with E-state index < -0.39 is 5.91 Å². The molecule has 0 bridgehead atoms. The van der Waals surface area contributed by atoms with Gasteiger partial charge in [0, 0.05) is 5.56 Å².